The maximum Gasteiger partial charge on any atom is 0.312 e. The van der Waals surface area contributed by atoms with Crippen molar-refractivity contribution in [2.45, 2.75) is 39.0 Å². The zero-order valence-electron chi connectivity index (χ0n) is 17.2. The lowest BCUT2D eigenvalue weighted by Crippen LogP contribution is -2.37. The van der Waals surface area contributed by atoms with E-state index in [2.05, 4.69) is 10.3 Å². The van der Waals surface area contributed by atoms with Gasteiger partial charge in [-0.3, -0.25) is 9.59 Å². The number of amides is 1. The largest absolute Gasteiger partial charge is 0.486 e. The molecule has 0 saturated carbocycles. The zero-order chi connectivity index (χ0) is 22.2. The summed E-state index contributed by atoms with van der Waals surface area (Å²) in [6.07, 6.45) is -0.961. The van der Waals surface area contributed by atoms with Crippen molar-refractivity contribution in [3.05, 3.63) is 82.1 Å². The van der Waals surface area contributed by atoms with Crippen LogP contribution < -0.4 is 10.1 Å². The molecule has 0 aliphatic rings. The van der Waals surface area contributed by atoms with Crippen LogP contribution in [0, 0.1) is 5.82 Å². The lowest BCUT2D eigenvalue weighted by atomic mass is 10.1. The van der Waals surface area contributed by atoms with Crippen molar-refractivity contribution in [3.8, 4) is 5.75 Å². The number of ether oxygens (including phenoxy) is 2. The van der Waals surface area contributed by atoms with Crippen molar-refractivity contribution >= 4 is 23.2 Å². The van der Waals surface area contributed by atoms with E-state index in [0.29, 0.717) is 16.5 Å². The van der Waals surface area contributed by atoms with E-state index < -0.39 is 12.1 Å². The average Bonchev–Trinajstić information content (AvgIpc) is 3.20. The van der Waals surface area contributed by atoms with Gasteiger partial charge in [-0.05, 0) is 43.7 Å². The second kappa shape index (κ2) is 10.7. The fraction of sp³-hybridized carbons (Fsp3) is 0.261. The molecule has 1 amide bonds. The van der Waals surface area contributed by atoms with Crippen LogP contribution in [0.5, 0.6) is 5.75 Å². The standard InChI is InChI=1S/C23H23FN2O4S/c1-15(17-6-4-3-5-7-17)25-23(28)16(2)30-22(27)12-19-14-31-21(26-19)13-29-20-10-8-18(24)9-11-20/h3-11,14-16H,12-13H2,1-2H3,(H,25,28). The van der Waals surface area contributed by atoms with Gasteiger partial charge in [-0.2, -0.15) is 0 Å². The third kappa shape index (κ3) is 6.89. The predicted octanol–water partition coefficient (Wildman–Crippen LogP) is 4.21. The van der Waals surface area contributed by atoms with Gasteiger partial charge in [0, 0.05) is 5.38 Å². The summed E-state index contributed by atoms with van der Waals surface area (Å²) in [5.74, 6) is -0.704. The van der Waals surface area contributed by atoms with Gasteiger partial charge in [0.2, 0.25) is 0 Å². The Kier molecular flexibility index (Phi) is 7.72. The molecular formula is C23H23FN2O4S. The molecule has 0 saturated heterocycles. The molecule has 1 aromatic heterocycles. The average molecular weight is 443 g/mol. The van der Waals surface area contributed by atoms with Crippen molar-refractivity contribution in [1.82, 2.24) is 10.3 Å². The third-order valence-corrected chi connectivity index (χ3v) is 5.31. The number of nitrogens with zero attached hydrogens (tertiary/aromatic N) is 1. The summed E-state index contributed by atoms with van der Waals surface area (Å²) < 4.78 is 23.7. The number of thiazole rings is 1. The molecule has 1 heterocycles. The molecule has 0 spiro atoms. The van der Waals surface area contributed by atoms with Crippen molar-refractivity contribution in [3.63, 3.8) is 0 Å². The lowest BCUT2D eigenvalue weighted by Gasteiger charge is -2.18. The van der Waals surface area contributed by atoms with E-state index in [1.54, 1.807) is 5.38 Å². The number of aromatic nitrogens is 1. The fourth-order valence-electron chi connectivity index (χ4n) is 2.77. The minimum atomic E-state index is -0.918. The van der Waals surface area contributed by atoms with Crippen LogP contribution in [0.2, 0.25) is 0 Å². The van der Waals surface area contributed by atoms with E-state index in [4.69, 9.17) is 9.47 Å². The number of rotatable bonds is 9. The number of esters is 1. The van der Waals surface area contributed by atoms with Crippen LogP contribution >= 0.6 is 11.3 Å². The van der Waals surface area contributed by atoms with Gasteiger partial charge in [0.15, 0.2) is 6.10 Å². The number of halogens is 1. The van der Waals surface area contributed by atoms with E-state index in [-0.39, 0.29) is 30.8 Å². The minimum Gasteiger partial charge on any atom is -0.486 e. The highest BCUT2D eigenvalue weighted by Gasteiger charge is 2.20. The van der Waals surface area contributed by atoms with Gasteiger partial charge >= 0.3 is 5.97 Å². The molecule has 0 fully saturated rings. The number of nitrogens with one attached hydrogen (secondary N) is 1. The molecule has 0 radical (unpaired) electrons. The van der Waals surface area contributed by atoms with Gasteiger partial charge in [0.05, 0.1) is 18.2 Å². The smallest absolute Gasteiger partial charge is 0.312 e. The molecule has 31 heavy (non-hydrogen) atoms. The first-order valence-corrected chi connectivity index (χ1v) is 10.6. The fourth-order valence-corrected chi connectivity index (χ4v) is 3.47. The van der Waals surface area contributed by atoms with Gasteiger partial charge in [-0.1, -0.05) is 30.3 Å². The molecular weight excluding hydrogens is 419 g/mol. The molecule has 1 N–H and O–H groups in total. The van der Waals surface area contributed by atoms with Crippen LogP contribution in [0.3, 0.4) is 0 Å². The predicted molar refractivity (Wildman–Crippen MR) is 115 cm³/mol. The lowest BCUT2D eigenvalue weighted by molar-refractivity contribution is -0.154. The third-order valence-electron chi connectivity index (χ3n) is 4.44. The van der Waals surface area contributed by atoms with Crippen LogP contribution in [-0.4, -0.2) is 23.0 Å². The first-order valence-electron chi connectivity index (χ1n) is 9.77. The second-order valence-electron chi connectivity index (χ2n) is 6.93. The van der Waals surface area contributed by atoms with Crippen LogP contribution in [0.25, 0.3) is 0 Å². The van der Waals surface area contributed by atoms with Crippen molar-refractivity contribution in [1.29, 1.82) is 0 Å². The minimum absolute atomic E-state index is 0.0428. The van der Waals surface area contributed by atoms with Gasteiger partial charge in [0.1, 0.15) is 23.2 Å². The Hall–Kier alpha value is -3.26. The first-order chi connectivity index (χ1) is 14.9. The first kappa shape index (κ1) is 22.4. The summed E-state index contributed by atoms with van der Waals surface area (Å²) in [7, 11) is 0. The Morgan fingerprint density at radius 3 is 2.52 bits per heavy atom. The van der Waals surface area contributed by atoms with E-state index in [9.17, 15) is 14.0 Å². The van der Waals surface area contributed by atoms with E-state index in [1.165, 1.54) is 42.5 Å². The number of carbonyl (C=O) groups is 2. The van der Waals surface area contributed by atoms with E-state index in [0.717, 1.165) is 5.56 Å². The summed E-state index contributed by atoms with van der Waals surface area (Å²) >= 11 is 1.35. The Morgan fingerprint density at radius 1 is 1.10 bits per heavy atom. The monoisotopic (exact) mass is 442 g/mol. The number of carbonyl (C=O) groups excluding carboxylic acids is 2. The summed E-state index contributed by atoms with van der Waals surface area (Å²) in [5, 5.41) is 5.25. The molecule has 8 heteroatoms. The van der Waals surface area contributed by atoms with Crippen molar-refractivity contribution < 1.29 is 23.5 Å². The topological polar surface area (TPSA) is 77.5 Å². The highest BCUT2D eigenvalue weighted by atomic mass is 32.1. The normalized spacial score (nSPS) is 12.6. The van der Waals surface area contributed by atoms with Crippen LogP contribution in [0.15, 0.2) is 60.0 Å². The molecule has 2 atom stereocenters. The molecule has 0 aliphatic heterocycles. The van der Waals surface area contributed by atoms with Crippen LogP contribution in [-0.2, 0) is 27.4 Å². The maximum absolute atomic E-state index is 12.9. The van der Waals surface area contributed by atoms with Crippen LogP contribution in [0.4, 0.5) is 4.39 Å². The van der Waals surface area contributed by atoms with Crippen molar-refractivity contribution in [2.24, 2.45) is 0 Å². The molecule has 3 rings (SSSR count). The molecule has 0 bridgehead atoms. The maximum atomic E-state index is 12.9. The summed E-state index contributed by atoms with van der Waals surface area (Å²) in [6, 6.07) is 15.0. The van der Waals surface area contributed by atoms with Gasteiger partial charge < -0.3 is 14.8 Å². The number of hydrogen-bond donors (Lipinski definition) is 1. The van der Waals surface area contributed by atoms with Gasteiger partial charge in [-0.25, -0.2) is 9.37 Å². The van der Waals surface area contributed by atoms with Crippen LogP contribution in [0.1, 0.15) is 36.2 Å². The zero-order valence-corrected chi connectivity index (χ0v) is 18.0. The van der Waals surface area contributed by atoms with Crippen molar-refractivity contribution in [2.75, 3.05) is 0 Å². The number of benzene rings is 2. The Labute approximate surface area is 184 Å². The molecule has 6 nitrogen and oxygen atoms in total. The summed E-state index contributed by atoms with van der Waals surface area (Å²) in [6.45, 7) is 3.61. The Morgan fingerprint density at radius 2 is 1.81 bits per heavy atom. The number of hydrogen-bond acceptors (Lipinski definition) is 6. The highest BCUT2D eigenvalue weighted by Crippen LogP contribution is 2.17. The molecule has 0 aliphatic carbocycles. The SMILES string of the molecule is CC(OC(=O)Cc1csc(COc2ccc(F)cc2)n1)C(=O)NC(C)c1ccccc1. The Bertz CT molecular complexity index is 1010. The summed E-state index contributed by atoms with van der Waals surface area (Å²) in [5.41, 5.74) is 1.50. The molecule has 2 aromatic carbocycles. The molecule has 2 unspecified atom stereocenters. The van der Waals surface area contributed by atoms with E-state index in [1.807, 2.05) is 37.3 Å². The Balaban J connectivity index is 1.44. The molecule has 162 valence electrons. The quantitative estimate of drug-likeness (QED) is 0.502. The van der Waals surface area contributed by atoms with E-state index >= 15 is 0 Å². The van der Waals surface area contributed by atoms with Gasteiger partial charge in [0.25, 0.3) is 5.91 Å². The second-order valence-corrected chi connectivity index (χ2v) is 7.87. The molecule has 3 aromatic rings. The van der Waals surface area contributed by atoms with Gasteiger partial charge in [-0.15, -0.1) is 11.3 Å². The summed E-state index contributed by atoms with van der Waals surface area (Å²) in [4.78, 5) is 28.9. The highest BCUT2D eigenvalue weighted by molar-refractivity contribution is 7.09.